The molecule has 5 atom stereocenters. The third kappa shape index (κ3) is 2.91. The molecule has 2 amide bonds. The van der Waals surface area contributed by atoms with E-state index in [1.54, 1.807) is 12.1 Å². The molecular weight excluding hydrogens is 394 g/mol. The predicted octanol–water partition coefficient (Wildman–Crippen LogP) is -0.382. The molecule has 1 fully saturated rings. The molecule has 2 aliphatic rings. The first-order chi connectivity index (χ1) is 14.3. The van der Waals surface area contributed by atoms with Gasteiger partial charge in [-0.15, -0.1) is 0 Å². The van der Waals surface area contributed by atoms with Gasteiger partial charge >= 0.3 is 0 Å². The largest absolute Gasteiger partial charge is 0.497 e. The van der Waals surface area contributed by atoms with Crippen molar-refractivity contribution in [3.05, 3.63) is 65.2 Å². The van der Waals surface area contributed by atoms with E-state index < -0.39 is 48.6 Å². The fourth-order valence-electron chi connectivity index (χ4n) is 4.01. The summed E-state index contributed by atoms with van der Waals surface area (Å²) in [6.45, 7) is -0.703. The summed E-state index contributed by atoms with van der Waals surface area (Å²) in [6, 6.07) is 10.4. The second-order valence-electron chi connectivity index (χ2n) is 7.22. The van der Waals surface area contributed by atoms with Gasteiger partial charge in [-0.25, -0.2) is 0 Å². The standard InChI is InChI=1S/C21H21NO8/c1-29-12-8-6-11(7-9-12)21(28)18(17(25)16(24)15(10-23)30-21)22-19(26)13-4-2-3-5-14(13)20(22)27/h2-9,15-18,23-25,28H,10H2,1H3/t15-,16-,17+,18-,21-/m1/s1. The quantitative estimate of drug-likeness (QED) is 0.496. The van der Waals surface area contributed by atoms with Gasteiger partial charge in [0.2, 0.25) is 5.79 Å². The van der Waals surface area contributed by atoms with E-state index in [4.69, 9.17) is 9.47 Å². The third-order valence-corrected chi connectivity index (χ3v) is 5.57. The number of ether oxygens (including phenoxy) is 2. The zero-order chi connectivity index (χ0) is 21.6. The third-order valence-electron chi connectivity index (χ3n) is 5.57. The molecule has 4 N–H and O–H groups in total. The van der Waals surface area contributed by atoms with Crippen LogP contribution in [0.5, 0.6) is 5.75 Å². The number of hydrogen-bond donors (Lipinski definition) is 4. The van der Waals surface area contributed by atoms with Crippen molar-refractivity contribution in [3.63, 3.8) is 0 Å². The second-order valence-corrected chi connectivity index (χ2v) is 7.22. The van der Waals surface area contributed by atoms with Crippen LogP contribution in [-0.2, 0) is 10.5 Å². The number of carbonyl (C=O) groups excluding carboxylic acids is 2. The molecular formula is C21H21NO8. The molecule has 4 rings (SSSR count). The average Bonchev–Trinajstić information content (AvgIpc) is 3.02. The smallest absolute Gasteiger partial charge is 0.262 e. The van der Waals surface area contributed by atoms with Gasteiger partial charge in [-0.05, 0) is 36.4 Å². The van der Waals surface area contributed by atoms with Crippen molar-refractivity contribution < 1.29 is 39.5 Å². The SMILES string of the molecule is COc1ccc([C@@]2(O)O[C@H](CO)[C@@H](O)[C@H](O)[C@H]2N2C(=O)c3ccccc3C2=O)cc1. The summed E-state index contributed by atoms with van der Waals surface area (Å²) in [5.74, 6) is -3.38. The van der Waals surface area contributed by atoms with Gasteiger partial charge in [0.1, 0.15) is 30.1 Å². The topological polar surface area (TPSA) is 137 Å². The van der Waals surface area contributed by atoms with Crippen LogP contribution in [0.15, 0.2) is 48.5 Å². The summed E-state index contributed by atoms with van der Waals surface area (Å²) in [5.41, 5.74) is 0.338. The lowest BCUT2D eigenvalue weighted by Gasteiger charge is -2.50. The molecule has 158 valence electrons. The zero-order valence-electron chi connectivity index (χ0n) is 16.0. The number of carbonyl (C=O) groups is 2. The maximum absolute atomic E-state index is 13.0. The van der Waals surface area contributed by atoms with Crippen LogP contribution in [0.25, 0.3) is 0 Å². The molecule has 0 radical (unpaired) electrons. The van der Waals surface area contributed by atoms with Gasteiger partial charge in [0.05, 0.1) is 24.8 Å². The van der Waals surface area contributed by atoms with E-state index >= 15 is 0 Å². The highest BCUT2D eigenvalue weighted by Gasteiger charge is 2.60. The van der Waals surface area contributed by atoms with Crippen molar-refractivity contribution in [2.75, 3.05) is 13.7 Å². The molecule has 2 aromatic rings. The van der Waals surface area contributed by atoms with Crippen LogP contribution < -0.4 is 4.74 Å². The summed E-state index contributed by atoms with van der Waals surface area (Å²) < 4.78 is 10.7. The Morgan fingerprint density at radius 2 is 1.57 bits per heavy atom. The molecule has 9 nitrogen and oxygen atoms in total. The van der Waals surface area contributed by atoms with Crippen molar-refractivity contribution in [1.82, 2.24) is 4.90 Å². The monoisotopic (exact) mass is 415 g/mol. The van der Waals surface area contributed by atoms with Gasteiger partial charge in [-0.3, -0.25) is 14.5 Å². The number of nitrogens with zero attached hydrogens (tertiary/aromatic N) is 1. The Labute approximate surface area is 171 Å². The number of fused-ring (bicyclic) bond motifs is 1. The predicted molar refractivity (Wildman–Crippen MR) is 102 cm³/mol. The summed E-state index contributed by atoms with van der Waals surface area (Å²) in [6.07, 6.45) is -4.79. The molecule has 0 unspecified atom stereocenters. The first-order valence-corrected chi connectivity index (χ1v) is 9.32. The van der Waals surface area contributed by atoms with Crippen molar-refractivity contribution in [2.45, 2.75) is 30.1 Å². The summed E-state index contributed by atoms with van der Waals surface area (Å²) in [5, 5.41) is 42.3. The van der Waals surface area contributed by atoms with Crippen LogP contribution in [0.4, 0.5) is 0 Å². The fourth-order valence-corrected chi connectivity index (χ4v) is 4.01. The lowest BCUT2D eigenvalue weighted by atomic mass is 9.85. The van der Waals surface area contributed by atoms with E-state index in [1.807, 2.05) is 0 Å². The van der Waals surface area contributed by atoms with Gasteiger partial charge in [0.25, 0.3) is 11.8 Å². The van der Waals surface area contributed by atoms with Crippen LogP contribution in [0.1, 0.15) is 26.3 Å². The number of rotatable bonds is 4. The Bertz CT molecular complexity index is 942. The lowest BCUT2D eigenvalue weighted by Crippen LogP contribution is -2.69. The van der Waals surface area contributed by atoms with Crippen molar-refractivity contribution >= 4 is 11.8 Å². The van der Waals surface area contributed by atoms with E-state index in [9.17, 15) is 30.0 Å². The summed E-state index contributed by atoms with van der Waals surface area (Å²) >= 11 is 0. The maximum atomic E-state index is 13.0. The summed E-state index contributed by atoms with van der Waals surface area (Å²) in [4.78, 5) is 26.7. The van der Waals surface area contributed by atoms with Crippen LogP contribution in [0.3, 0.4) is 0 Å². The minimum atomic E-state index is -2.40. The number of aliphatic hydroxyl groups is 4. The van der Waals surface area contributed by atoms with Gasteiger partial charge in [-0.2, -0.15) is 0 Å². The van der Waals surface area contributed by atoms with Gasteiger partial charge in [0.15, 0.2) is 0 Å². The van der Waals surface area contributed by atoms with Crippen LogP contribution in [-0.4, -0.2) is 75.2 Å². The Morgan fingerprint density at radius 3 is 2.07 bits per heavy atom. The molecule has 2 aromatic carbocycles. The molecule has 0 aromatic heterocycles. The first kappa shape index (κ1) is 20.5. The lowest BCUT2D eigenvalue weighted by molar-refractivity contribution is -0.336. The molecule has 0 saturated carbocycles. The van der Waals surface area contributed by atoms with Crippen molar-refractivity contribution in [2.24, 2.45) is 0 Å². The van der Waals surface area contributed by atoms with Gasteiger partial charge in [0, 0.05) is 5.56 Å². The highest BCUT2D eigenvalue weighted by atomic mass is 16.6. The second kappa shape index (κ2) is 7.46. The van der Waals surface area contributed by atoms with Crippen LogP contribution in [0, 0.1) is 0 Å². The van der Waals surface area contributed by atoms with E-state index in [2.05, 4.69) is 0 Å². The maximum Gasteiger partial charge on any atom is 0.262 e. The first-order valence-electron chi connectivity index (χ1n) is 9.32. The Balaban J connectivity index is 1.84. The van der Waals surface area contributed by atoms with Gasteiger partial charge < -0.3 is 29.9 Å². The zero-order valence-corrected chi connectivity index (χ0v) is 16.0. The summed E-state index contributed by atoms with van der Waals surface area (Å²) in [7, 11) is 1.46. The number of hydrogen-bond acceptors (Lipinski definition) is 8. The van der Waals surface area contributed by atoms with E-state index in [1.165, 1.54) is 43.5 Å². The molecule has 9 heteroatoms. The van der Waals surface area contributed by atoms with Crippen molar-refractivity contribution in [1.29, 1.82) is 0 Å². The number of imide groups is 1. The molecule has 30 heavy (non-hydrogen) atoms. The van der Waals surface area contributed by atoms with E-state index in [0.717, 1.165) is 0 Å². The highest BCUT2D eigenvalue weighted by Crippen LogP contribution is 2.42. The minimum Gasteiger partial charge on any atom is -0.497 e. The van der Waals surface area contributed by atoms with Gasteiger partial charge in [-0.1, -0.05) is 12.1 Å². The molecule has 2 aliphatic heterocycles. The molecule has 0 bridgehead atoms. The molecule has 2 heterocycles. The fraction of sp³-hybridized carbons (Fsp3) is 0.333. The Hall–Kier alpha value is -2.82. The molecule has 1 saturated heterocycles. The van der Waals surface area contributed by atoms with E-state index in [0.29, 0.717) is 10.6 Å². The van der Waals surface area contributed by atoms with Crippen LogP contribution >= 0.6 is 0 Å². The Morgan fingerprint density at radius 1 is 1.00 bits per heavy atom. The van der Waals surface area contributed by atoms with E-state index in [-0.39, 0.29) is 16.7 Å². The average molecular weight is 415 g/mol. The number of benzene rings is 2. The molecule has 0 aliphatic carbocycles. The number of aliphatic hydroxyl groups excluding tert-OH is 3. The Kier molecular flexibility index (Phi) is 5.08. The van der Waals surface area contributed by atoms with Crippen LogP contribution in [0.2, 0.25) is 0 Å². The van der Waals surface area contributed by atoms with Crippen molar-refractivity contribution in [3.8, 4) is 5.75 Å². The molecule has 0 spiro atoms. The number of amides is 2. The minimum absolute atomic E-state index is 0.106. The highest BCUT2D eigenvalue weighted by molar-refractivity contribution is 6.21. The normalized spacial score (nSPS) is 31.0. The number of methoxy groups -OCH3 is 1.